The van der Waals surface area contributed by atoms with Crippen LogP contribution in [0, 0.1) is 6.92 Å². The first kappa shape index (κ1) is 11.5. The van der Waals surface area contributed by atoms with Gasteiger partial charge in [0.15, 0.2) is 0 Å². The molecule has 0 spiro atoms. The number of aliphatic hydroxyl groups excluding tert-OH is 1. The van der Waals surface area contributed by atoms with Crippen LogP contribution in [0.4, 0.5) is 0 Å². The molecule has 0 radical (unpaired) electrons. The number of hydrogen-bond donors (Lipinski definition) is 2. The summed E-state index contributed by atoms with van der Waals surface area (Å²) in [6.45, 7) is 1.95. The second-order valence-corrected chi connectivity index (χ2v) is 3.87. The number of rotatable bonds is 6. The van der Waals surface area contributed by atoms with E-state index in [0.29, 0.717) is 11.1 Å². The molecule has 0 saturated carbocycles. The highest BCUT2D eigenvalue weighted by atomic mass is 32.2. The van der Waals surface area contributed by atoms with Crippen LogP contribution in [0.2, 0.25) is 0 Å². The van der Waals surface area contributed by atoms with Crippen LogP contribution in [0.3, 0.4) is 0 Å². The van der Waals surface area contributed by atoms with Gasteiger partial charge in [0, 0.05) is 25.3 Å². The van der Waals surface area contributed by atoms with Gasteiger partial charge in [-0.2, -0.15) is 0 Å². The van der Waals surface area contributed by atoms with Crippen LogP contribution in [-0.2, 0) is 0 Å². The molecule has 0 aliphatic rings. The lowest BCUT2D eigenvalue weighted by atomic mass is 10.2. The third-order valence-corrected chi connectivity index (χ3v) is 2.78. The Kier molecular flexibility index (Phi) is 4.92. The van der Waals surface area contributed by atoms with Crippen molar-refractivity contribution in [1.29, 1.82) is 0 Å². The molecule has 0 bridgehead atoms. The number of thioether (sulfide) groups is 1. The Bertz CT molecular complexity index is 267. The minimum absolute atomic E-state index is 0.189. The van der Waals surface area contributed by atoms with Gasteiger partial charge in [-0.15, -0.1) is 10.2 Å². The van der Waals surface area contributed by atoms with Crippen molar-refractivity contribution in [2.75, 3.05) is 19.4 Å². The summed E-state index contributed by atoms with van der Waals surface area (Å²) in [5.41, 5.74) is 0. The fourth-order valence-electron chi connectivity index (χ4n) is 0.975. The van der Waals surface area contributed by atoms with E-state index in [9.17, 15) is 0 Å². The summed E-state index contributed by atoms with van der Waals surface area (Å²) in [5.74, 6) is 1.40. The number of nitrogens with zero attached hydrogens (tertiary/aromatic N) is 2. The van der Waals surface area contributed by atoms with E-state index >= 15 is 0 Å². The van der Waals surface area contributed by atoms with E-state index in [4.69, 9.17) is 9.52 Å². The quantitative estimate of drug-likeness (QED) is 0.674. The molecule has 0 fully saturated rings. The van der Waals surface area contributed by atoms with Gasteiger partial charge in [-0.25, -0.2) is 0 Å². The Hall–Kier alpha value is -0.590. The SMILES string of the molecule is CNC(CCO)CSc1nnc(C)o1. The number of aryl methyl sites for hydroxylation is 1. The van der Waals surface area contributed by atoms with E-state index < -0.39 is 0 Å². The van der Waals surface area contributed by atoms with Crippen LogP contribution in [0.1, 0.15) is 12.3 Å². The summed E-state index contributed by atoms with van der Waals surface area (Å²) >= 11 is 1.50. The van der Waals surface area contributed by atoms with E-state index in [1.54, 1.807) is 6.92 Å². The molecule has 1 aromatic rings. The molecule has 0 aliphatic carbocycles. The molecule has 6 heteroatoms. The fraction of sp³-hybridized carbons (Fsp3) is 0.750. The molecule has 1 heterocycles. The third kappa shape index (κ3) is 3.65. The number of hydrogen-bond acceptors (Lipinski definition) is 6. The van der Waals surface area contributed by atoms with Crippen molar-refractivity contribution in [3.8, 4) is 0 Å². The van der Waals surface area contributed by atoms with Crippen molar-refractivity contribution in [1.82, 2.24) is 15.5 Å². The highest BCUT2D eigenvalue weighted by Crippen LogP contribution is 2.17. The van der Waals surface area contributed by atoms with Crippen LogP contribution >= 0.6 is 11.8 Å². The lowest BCUT2D eigenvalue weighted by Crippen LogP contribution is -2.28. The number of nitrogens with one attached hydrogen (secondary N) is 1. The first-order valence-corrected chi connectivity index (χ1v) is 5.46. The van der Waals surface area contributed by atoms with Gasteiger partial charge in [0.05, 0.1) is 0 Å². The topological polar surface area (TPSA) is 71.2 Å². The summed E-state index contributed by atoms with van der Waals surface area (Å²) < 4.78 is 5.21. The zero-order chi connectivity index (χ0) is 10.4. The molecule has 1 aromatic heterocycles. The maximum Gasteiger partial charge on any atom is 0.276 e. The molecule has 1 atom stereocenters. The standard InChI is InChI=1S/C8H15N3O2S/c1-6-10-11-8(13-6)14-5-7(9-2)3-4-12/h7,9,12H,3-5H2,1-2H3. The fourth-order valence-corrected chi connectivity index (χ4v) is 1.93. The lowest BCUT2D eigenvalue weighted by Gasteiger charge is -2.12. The van der Waals surface area contributed by atoms with Crippen molar-refractivity contribution < 1.29 is 9.52 Å². The van der Waals surface area contributed by atoms with E-state index in [0.717, 1.165) is 12.2 Å². The first-order valence-electron chi connectivity index (χ1n) is 4.47. The molecular formula is C8H15N3O2S. The highest BCUT2D eigenvalue weighted by Gasteiger charge is 2.09. The first-order chi connectivity index (χ1) is 6.76. The van der Waals surface area contributed by atoms with Gasteiger partial charge < -0.3 is 14.8 Å². The number of aliphatic hydroxyl groups is 1. The van der Waals surface area contributed by atoms with Gasteiger partial charge in [-0.3, -0.25) is 0 Å². The highest BCUT2D eigenvalue weighted by molar-refractivity contribution is 7.99. The molecule has 0 aliphatic heterocycles. The van der Waals surface area contributed by atoms with Crippen molar-refractivity contribution >= 4 is 11.8 Å². The average molecular weight is 217 g/mol. The minimum atomic E-state index is 0.189. The smallest absolute Gasteiger partial charge is 0.276 e. The summed E-state index contributed by atoms with van der Waals surface area (Å²) in [6, 6.07) is 0.275. The van der Waals surface area contributed by atoms with Gasteiger partial charge in [-0.1, -0.05) is 11.8 Å². The normalized spacial score (nSPS) is 13.1. The summed E-state index contributed by atoms with van der Waals surface area (Å²) in [5, 5.41) is 20.1. The van der Waals surface area contributed by atoms with E-state index in [2.05, 4.69) is 15.5 Å². The van der Waals surface area contributed by atoms with Crippen LogP contribution in [0.25, 0.3) is 0 Å². The van der Waals surface area contributed by atoms with Crippen LogP contribution in [-0.4, -0.2) is 40.8 Å². The van der Waals surface area contributed by atoms with Gasteiger partial charge in [-0.05, 0) is 13.5 Å². The number of aromatic nitrogens is 2. The Labute approximate surface area is 87.3 Å². The molecule has 1 unspecified atom stereocenters. The van der Waals surface area contributed by atoms with Gasteiger partial charge in [0.1, 0.15) is 0 Å². The molecule has 5 nitrogen and oxygen atoms in total. The average Bonchev–Trinajstić information content (AvgIpc) is 2.59. The lowest BCUT2D eigenvalue weighted by molar-refractivity contribution is 0.273. The third-order valence-electron chi connectivity index (χ3n) is 1.80. The predicted molar refractivity (Wildman–Crippen MR) is 54.3 cm³/mol. The Morgan fingerprint density at radius 1 is 1.57 bits per heavy atom. The second kappa shape index (κ2) is 6.00. The molecule has 2 N–H and O–H groups in total. The Morgan fingerprint density at radius 2 is 2.36 bits per heavy atom. The largest absolute Gasteiger partial charge is 0.416 e. The van der Waals surface area contributed by atoms with Gasteiger partial charge in [0.25, 0.3) is 5.22 Å². The van der Waals surface area contributed by atoms with Crippen molar-refractivity contribution in [3.05, 3.63) is 5.89 Å². The van der Waals surface area contributed by atoms with E-state index in [1.165, 1.54) is 11.8 Å². The molecule has 0 amide bonds. The van der Waals surface area contributed by atoms with Crippen LogP contribution in [0.15, 0.2) is 9.64 Å². The van der Waals surface area contributed by atoms with Gasteiger partial charge in [0.2, 0.25) is 5.89 Å². The van der Waals surface area contributed by atoms with Crippen molar-refractivity contribution in [2.45, 2.75) is 24.6 Å². The summed E-state index contributed by atoms with van der Waals surface area (Å²) in [4.78, 5) is 0. The van der Waals surface area contributed by atoms with Crippen molar-refractivity contribution in [3.63, 3.8) is 0 Å². The minimum Gasteiger partial charge on any atom is -0.416 e. The molecule has 1 rings (SSSR count). The molecule has 80 valence electrons. The van der Waals surface area contributed by atoms with E-state index in [1.807, 2.05) is 7.05 Å². The zero-order valence-electron chi connectivity index (χ0n) is 8.36. The van der Waals surface area contributed by atoms with E-state index in [-0.39, 0.29) is 12.6 Å². The molecule has 0 saturated heterocycles. The monoisotopic (exact) mass is 217 g/mol. The molecular weight excluding hydrogens is 202 g/mol. The second-order valence-electron chi connectivity index (χ2n) is 2.90. The zero-order valence-corrected chi connectivity index (χ0v) is 9.17. The maximum absolute atomic E-state index is 8.77. The predicted octanol–water partition coefficient (Wildman–Crippen LogP) is 0.441. The molecule has 0 aromatic carbocycles. The Morgan fingerprint density at radius 3 is 2.86 bits per heavy atom. The summed E-state index contributed by atoms with van der Waals surface area (Å²) in [6.07, 6.45) is 0.733. The van der Waals surface area contributed by atoms with Crippen LogP contribution < -0.4 is 5.32 Å². The Balaban J connectivity index is 2.31. The summed E-state index contributed by atoms with van der Waals surface area (Å²) in [7, 11) is 1.87. The van der Waals surface area contributed by atoms with Crippen LogP contribution in [0.5, 0.6) is 0 Å². The van der Waals surface area contributed by atoms with Crippen molar-refractivity contribution in [2.24, 2.45) is 0 Å². The van der Waals surface area contributed by atoms with Gasteiger partial charge >= 0.3 is 0 Å². The maximum atomic E-state index is 8.77. The molecule has 14 heavy (non-hydrogen) atoms.